The summed E-state index contributed by atoms with van der Waals surface area (Å²) in [6, 6.07) is 39.5. The number of benzene rings is 5. The molecule has 54 heavy (non-hydrogen) atoms. The fourth-order valence-corrected chi connectivity index (χ4v) is 17.1. The normalized spacial score (nSPS) is 19.5. The zero-order valence-corrected chi connectivity index (χ0v) is 34.9. The van der Waals surface area contributed by atoms with Gasteiger partial charge in [-0.2, -0.15) is 0 Å². The van der Waals surface area contributed by atoms with Gasteiger partial charge in [0.1, 0.15) is 0 Å². The molecule has 4 heterocycles. The van der Waals surface area contributed by atoms with Gasteiger partial charge in [-0.05, 0) is 0 Å². The molecule has 5 aliphatic rings. The third-order valence-corrected chi connectivity index (χ3v) is 20.5. The van der Waals surface area contributed by atoms with Crippen molar-refractivity contribution < 1.29 is 4.74 Å². The van der Waals surface area contributed by atoms with E-state index in [-0.39, 0.29) is 27.1 Å². The first-order chi connectivity index (χ1) is 26.2. The number of hydrogen-bond donors (Lipinski definition) is 0. The van der Waals surface area contributed by atoms with Crippen molar-refractivity contribution in [2.24, 2.45) is 0 Å². The van der Waals surface area contributed by atoms with E-state index in [0.717, 1.165) is 25.0 Å². The monoisotopic (exact) mass is 786 g/mol. The van der Waals surface area contributed by atoms with Gasteiger partial charge in [0, 0.05) is 0 Å². The molecule has 0 radical (unpaired) electrons. The van der Waals surface area contributed by atoms with Crippen molar-refractivity contribution >= 4 is 87.7 Å². The summed E-state index contributed by atoms with van der Waals surface area (Å²) < 4.78 is 12.4. The third-order valence-electron chi connectivity index (χ3n) is 13.5. The quantitative estimate of drug-likeness (QED) is 0.185. The van der Waals surface area contributed by atoms with Crippen LogP contribution in [0.4, 0.5) is 11.4 Å². The van der Waals surface area contributed by atoms with E-state index >= 15 is 0 Å². The summed E-state index contributed by atoms with van der Waals surface area (Å²) in [6.45, 7) is 12.6. The van der Waals surface area contributed by atoms with E-state index in [1.807, 2.05) is 0 Å². The van der Waals surface area contributed by atoms with Crippen LogP contribution in [0.1, 0.15) is 76.6 Å². The van der Waals surface area contributed by atoms with E-state index in [0.29, 0.717) is 0 Å². The summed E-state index contributed by atoms with van der Waals surface area (Å²) in [5.74, 6) is 2.15. The second-order valence-electron chi connectivity index (χ2n) is 17.5. The molecule has 0 amide bonds. The Morgan fingerprint density at radius 3 is 2.43 bits per heavy atom. The molecule has 0 fully saturated rings. The summed E-state index contributed by atoms with van der Waals surface area (Å²) >= 11 is 0.223. The van der Waals surface area contributed by atoms with Gasteiger partial charge in [-0.15, -0.1) is 0 Å². The first kappa shape index (κ1) is 33.1. The molecule has 0 saturated heterocycles. The Morgan fingerprint density at radius 2 is 1.56 bits per heavy atom. The van der Waals surface area contributed by atoms with E-state index in [1.165, 1.54) is 87.9 Å². The molecule has 2 aliphatic carbocycles. The molecule has 1 unspecified atom stereocenters. The summed E-state index contributed by atoms with van der Waals surface area (Å²) in [4.78, 5) is 2.56. The average molecular weight is 786 g/mol. The van der Waals surface area contributed by atoms with Crippen molar-refractivity contribution in [1.29, 1.82) is 0 Å². The number of hydrogen-bond acceptors (Lipinski definition) is 2. The van der Waals surface area contributed by atoms with Gasteiger partial charge < -0.3 is 0 Å². The molecule has 5 aromatic carbocycles. The van der Waals surface area contributed by atoms with Crippen LogP contribution in [-0.4, -0.2) is 34.3 Å². The van der Waals surface area contributed by atoms with E-state index in [1.54, 1.807) is 35.8 Å². The molecule has 6 heteroatoms. The van der Waals surface area contributed by atoms with Gasteiger partial charge in [0.05, 0.1) is 0 Å². The first-order valence-electron chi connectivity index (χ1n) is 20.3. The van der Waals surface area contributed by atoms with Crippen molar-refractivity contribution in [2.45, 2.75) is 90.6 Å². The molecule has 0 bridgehead atoms. The number of para-hydroxylation sites is 3. The Bertz CT molecular complexity index is 2610. The number of aryl methyl sites for hydroxylation is 1. The Kier molecular flexibility index (Phi) is 7.30. The third kappa shape index (κ3) is 4.66. The van der Waals surface area contributed by atoms with E-state index < -0.39 is 8.07 Å². The summed E-state index contributed by atoms with van der Waals surface area (Å²) in [5, 5.41) is 4.75. The summed E-state index contributed by atoms with van der Waals surface area (Å²) in [5.41, 5.74) is 15.9. The zero-order valence-electron chi connectivity index (χ0n) is 32.2. The fraction of sp³-hybridized carbons (Fsp3) is 0.292. The van der Waals surface area contributed by atoms with Crippen LogP contribution in [-0.2, 0) is 18.3 Å². The second-order valence-corrected chi connectivity index (χ2v) is 24.2. The molecule has 0 spiro atoms. The molecule has 3 nitrogen and oxygen atoms in total. The summed E-state index contributed by atoms with van der Waals surface area (Å²) in [6.07, 6.45) is 8.10. The van der Waals surface area contributed by atoms with E-state index in [2.05, 4.69) is 141 Å². The molecule has 1 aromatic heterocycles. The minimum atomic E-state index is -2.13. The SMILES string of the molecule is CC[Si]1(C)c2cc(N3C4=C(CCCC4)Oc4ccccc43)ccc2B2c3ccc(-n4c5c(c6ccccc64)CCC5)cc3[Se]c3cc(C(C)(C)C)cc1c32. The van der Waals surface area contributed by atoms with Crippen molar-refractivity contribution in [3.63, 3.8) is 0 Å². The van der Waals surface area contributed by atoms with Crippen LogP contribution in [0.3, 0.4) is 0 Å². The number of ether oxygens (including phenoxy) is 1. The predicted molar refractivity (Wildman–Crippen MR) is 233 cm³/mol. The van der Waals surface area contributed by atoms with Gasteiger partial charge in [-0.1, -0.05) is 0 Å². The molecule has 268 valence electrons. The Labute approximate surface area is 327 Å². The van der Waals surface area contributed by atoms with E-state index in [4.69, 9.17) is 4.74 Å². The van der Waals surface area contributed by atoms with Gasteiger partial charge in [0.15, 0.2) is 0 Å². The maximum absolute atomic E-state index is 6.58. The van der Waals surface area contributed by atoms with Crippen molar-refractivity contribution in [2.75, 3.05) is 4.90 Å². The van der Waals surface area contributed by atoms with Crippen LogP contribution in [0.15, 0.2) is 109 Å². The molecule has 0 N–H and O–H groups in total. The molecule has 6 aromatic rings. The van der Waals surface area contributed by atoms with Gasteiger partial charge >= 0.3 is 329 Å². The number of rotatable bonds is 3. The Hall–Kier alpha value is -4.22. The van der Waals surface area contributed by atoms with Gasteiger partial charge in [0.2, 0.25) is 0 Å². The maximum atomic E-state index is 6.58. The topological polar surface area (TPSA) is 17.4 Å². The second kappa shape index (κ2) is 11.9. The number of allylic oxidation sites excluding steroid dienone is 2. The Morgan fingerprint density at radius 1 is 0.759 bits per heavy atom. The van der Waals surface area contributed by atoms with Gasteiger partial charge in [0.25, 0.3) is 0 Å². The van der Waals surface area contributed by atoms with Crippen LogP contribution in [0.2, 0.25) is 12.6 Å². The zero-order chi connectivity index (χ0) is 36.5. The van der Waals surface area contributed by atoms with Crippen LogP contribution in [0.5, 0.6) is 5.75 Å². The standard InChI is InChI=1S/C48H47BN2OSeSi/c1-6-54(5)45-29-32(51-39-17-9-11-20-41(39)52-42-21-12-10-18-40(42)51)23-25-36(45)49-35-24-22-31(50-37-16-8-7-14-33(37)34-15-13-19-38(34)50)28-43(35)53-44-26-30(48(2,3)4)27-46(54)47(44)49/h7-9,11,14,16-17,20,22-29H,6,10,12-13,15,18-19,21H2,1-5H3. The first-order valence-corrected chi connectivity index (χ1v) is 24.7. The van der Waals surface area contributed by atoms with Gasteiger partial charge in [-0.25, -0.2) is 0 Å². The van der Waals surface area contributed by atoms with E-state index in [9.17, 15) is 0 Å². The van der Waals surface area contributed by atoms with Crippen molar-refractivity contribution in [3.05, 3.63) is 125 Å². The average Bonchev–Trinajstić information content (AvgIpc) is 3.79. The van der Waals surface area contributed by atoms with Crippen LogP contribution >= 0.6 is 0 Å². The fourth-order valence-electron chi connectivity index (χ4n) is 10.6. The molecule has 1 atom stereocenters. The number of nitrogens with zero attached hydrogens (tertiary/aromatic N) is 2. The molecular weight excluding hydrogens is 738 g/mol. The number of fused-ring (bicyclic) bond motifs is 8. The number of anilines is 2. The van der Waals surface area contributed by atoms with Crippen molar-refractivity contribution in [3.8, 4) is 11.4 Å². The molecule has 3 aliphatic heterocycles. The van der Waals surface area contributed by atoms with Gasteiger partial charge in [-0.3, -0.25) is 0 Å². The number of aromatic nitrogens is 1. The van der Waals surface area contributed by atoms with Crippen molar-refractivity contribution in [1.82, 2.24) is 4.57 Å². The summed E-state index contributed by atoms with van der Waals surface area (Å²) in [7, 11) is -2.13. The van der Waals surface area contributed by atoms with Crippen LogP contribution < -0.4 is 45.3 Å². The Balaban J connectivity index is 1.13. The minimum absolute atomic E-state index is 0.0798. The molecule has 0 saturated carbocycles. The molecular formula is C48H47BN2OSeSi. The predicted octanol–water partition coefficient (Wildman–Crippen LogP) is 6.74. The molecule has 11 rings (SSSR count). The van der Waals surface area contributed by atoms with Crippen LogP contribution in [0, 0.1) is 0 Å². The van der Waals surface area contributed by atoms with Crippen LogP contribution in [0.25, 0.3) is 16.6 Å².